The normalized spacial score (nSPS) is 13.3. The molecule has 0 radical (unpaired) electrons. The van der Waals surface area contributed by atoms with Crippen LogP contribution in [0.25, 0.3) is 0 Å². The molecule has 0 saturated heterocycles. The average Bonchev–Trinajstić information content (AvgIpc) is 2.43. The fourth-order valence-electron chi connectivity index (χ4n) is 2.10. The second kappa shape index (κ2) is 14.3. The standard InChI is InChI=1S/C16H33N3OS/c1-5-10-21-11-8-18-16(17-6-2)19-13-15(7-9-20)12-14(3)4/h5,14-15,20H,1,6-13H2,2-4H3,(H2,17,18,19). The van der Waals surface area contributed by atoms with E-state index in [0.29, 0.717) is 11.8 Å². The van der Waals surface area contributed by atoms with E-state index in [4.69, 9.17) is 5.11 Å². The van der Waals surface area contributed by atoms with Gasteiger partial charge in [0.25, 0.3) is 0 Å². The van der Waals surface area contributed by atoms with Crippen molar-refractivity contribution in [1.82, 2.24) is 10.6 Å². The van der Waals surface area contributed by atoms with Gasteiger partial charge in [0.2, 0.25) is 0 Å². The Morgan fingerprint density at radius 2 is 2.14 bits per heavy atom. The molecule has 21 heavy (non-hydrogen) atoms. The minimum Gasteiger partial charge on any atom is -0.396 e. The van der Waals surface area contributed by atoms with Crippen molar-refractivity contribution in [3.05, 3.63) is 12.7 Å². The number of rotatable bonds is 12. The molecule has 0 spiro atoms. The van der Waals surface area contributed by atoms with Gasteiger partial charge in [-0.05, 0) is 31.6 Å². The maximum absolute atomic E-state index is 9.15. The molecule has 1 atom stereocenters. The van der Waals surface area contributed by atoms with E-state index in [1.54, 1.807) is 0 Å². The molecule has 0 aromatic rings. The second-order valence-corrected chi connectivity index (χ2v) is 6.67. The van der Waals surface area contributed by atoms with Gasteiger partial charge in [0.15, 0.2) is 5.96 Å². The summed E-state index contributed by atoms with van der Waals surface area (Å²) in [5.41, 5.74) is 0. The molecule has 0 fully saturated rings. The number of hydrogen-bond acceptors (Lipinski definition) is 3. The number of aliphatic hydroxyl groups excluding tert-OH is 1. The topological polar surface area (TPSA) is 56.7 Å². The number of thioether (sulfide) groups is 1. The highest BCUT2D eigenvalue weighted by Crippen LogP contribution is 2.15. The van der Waals surface area contributed by atoms with E-state index < -0.39 is 0 Å². The van der Waals surface area contributed by atoms with Crippen LogP contribution in [0.2, 0.25) is 0 Å². The van der Waals surface area contributed by atoms with Crippen LogP contribution in [0.3, 0.4) is 0 Å². The predicted octanol–water partition coefficient (Wildman–Crippen LogP) is 2.51. The number of aliphatic hydroxyl groups is 1. The molecule has 0 aromatic carbocycles. The van der Waals surface area contributed by atoms with Crippen molar-refractivity contribution < 1.29 is 5.11 Å². The third-order valence-electron chi connectivity index (χ3n) is 2.97. The van der Waals surface area contributed by atoms with Crippen molar-refractivity contribution in [2.45, 2.75) is 33.6 Å². The Kier molecular flexibility index (Phi) is 13.8. The van der Waals surface area contributed by atoms with Crippen LogP contribution in [0.15, 0.2) is 17.6 Å². The SMILES string of the molecule is C=CCSCCNC(=NCC(CCO)CC(C)C)NCC. The van der Waals surface area contributed by atoms with Gasteiger partial charge in [-0.25, -0.2) is 0 Å². The lowest BCUT2D eigenvalue weighted by Gasteiger charge is -2.17. The van der Waals surface area contributed by atoms with E-state index in [2.05, 4.69) is 43.0 Å². The van der Waals surface area contributed by atoms with Crippen molar-refractivity contribution in [3.63, 3.8) is 0 Å². The Balaban J connectivity index is 4.23. The van der Waals surface area contributed by atoms with E-state index in [1.807, 2.05) is 17.8 Å². The van der Waals surface area contributed by atoms with E-state index in [9.17, 15) is 0 Å². The molecular weight excluding hydrogens is 282 g/mol. The average molecular weight is 316 g/mol. The van der Waals surface area contributed by atoms with Crippen LogP contribution in [0.4, 0.5) is 0 Å². The van der Waals surface area contributed by atoms with Gasteiger partial charge < -0.3 is 15.7 Å². The first-order chi connectivity index (χ1) is 10.1. The monoisotopic (exact) mass is 315 g/mol. The number of aliphatic imine (C=N–C) groups is 1. The molecule has 0 aliphatic heterocycles. The summed E-state index contributed by atoms with van der Waals surface area (Å²) in [5, 5.41) is 15.8. The van der Waals surface area contributed by atoms with Crippen LogP contribution in [0.1, 0.15) is 33.6 Å². The highest BCUT2D eigenvalue weighted by molar-refractivity contribution is 7.99. The van der Waals surface area contributed by atoms with Gasteiger partial charge in [-0.3, -0.25) is 4.99 Å². The van der Waals surface area contributed by atoms with Gasteiger partial charge in [0.05, 0.1) is 0 Å². The van der Waals surface area contributed by atoms with Crippen LogP contribution in [0, 0.1) is 11.8 Å². The molecule has 3 N–H and O–H groups in total. The number of guanidine groups is 1. The van der Waals surface area contributed by atoms with Gasteiger partial charge in [-0.15, -0.1) is 6.58 Å². The Morgan fingerprint density at radius 3 is 2.71 bits per heavy atom. The van der Waals surface area contributed by atoms with Crippen molar-refractivity contribution in [2.24, 2.45) is 16.8 Å². The van der Waals surface area contributed by atoms with E-state index in [0.717, 1.165) is 49.9 Å². The first kappa shape index (κ1) is 20.3. The van der Waals surface area contributed by atoms with Gasteiger partial charge >= 0.3 is 0 Å². The number of nitrogens with zero attached hydrogens (tertiary/aromatic N) is 1. The van der Waals surface area contributed by atoms with Crippen LogP contribution in [0.5, 0.6) is 0 Å². The van der Waals surface area contributed by atoms with E-state index >= 15 is 0 Å². The second-order valence-electron chi connectivity index (χ2n) is 5.52. The molecule has 0 bridgehead atoms. The highest BCUT2D eigenvalue weighted by atomic mass is 32.2. The summed E-state index contributed by atoms with van der Waals surface area (Å²) < 4.78 is 0. The summed E-state index contributed by atoms with van der Waals surface area (Å²) in [4.78, 5) is 4.66. The molecule has 0 aromatic heterocycles. The summed E-state index contributed by atoms with van der Waals surface area (Å²) in [5.74, 6) is 4.01. The summed E-state index contributed by atoms with van der Waals surface area (Å²) in [6.45, 7) is 13.0. The molecule has 4 nitrogen and oxygen atoms in total. The molecule has 0 aliphatic rings. The lowest BCUT2D eigenvalue weighted by molar-refractivity contribution is 0.245. The first-order valence-electron chi connectivity index (χ1n) is 7.95. The van der Waals surface area contributed by atoms with Crippen molar-refractivity contribution in [3.8, 4) is 0 Å². The minimum atomic E-state index is 0.245. The largest absolute Gasteiger partial charge is 0.396 e. The zero-order chi connectivity index (χ0) is 15.9. The minimum absolute atomic E-state index is 0.245. The molecule has 0 aliphatic carbocycles. The fraction of sp³-hybridized carbons (Fsp3) is 0.812. The summed E-state index contributed by atoms with van der Waals surface area (Å²) >= 11 is 1.86. The lowest BCUT2D eigenvalue weighted by atomic mass is 9.94. The molecule has 0 saturated carbocycles. The Bertz CT molecular complexity index is 283. The third kappa shape index (κ3) is 12.8. The molecule has 0 heterocycles. The Hall–Kier alpha value is -0.680. The van der Waals surface area contributed by atoms with Crippen molar-refractivity contribution >= 4 is 17.7 Å². The van der Waals surface area contributed by atoms with Crippen LogP contribution in [-0.4, -0.2) is 48.8 Å². The van der Waals surface area contributed by atoms with E-state index in [-0.39, 0.29) is 6.61 Å². The maximum Gasteiger partial charge on any atom is 0.191 e. The predicted molar refractivity (Wildman–Crippen MR) is 96.2 cm³/mol. The van der Waals surface area contributed by atoms with Crippen LogP contribution in [-0.2, 0) is 0 Å². The lowest BCUT2D eigenvalue weighted by Crippen LogP contribution is -2.38. The molecule has 0 amide bonds. The first-order valence-corrected chi connectivity index (χ1v) is 9.11. The van der Waals surface area contributed by atoms with Crippen molar-refractivity contribution in [1.29, 1.82) is 0 Å². The summed E-state index contributed by atoms with van der Waals surface area (Å²) in [7, 11) is 0. The number of hydrogen-bond donors (Lipinski definition) is 3. The van der Waals surface area contributed by atoms with Gasteiger partial charge in [0.1, 0.15) is 0 Å². The summed E-state index contributed by atoms with van der Waals surface area (Å²) in [6, 6.07) is 0. The quantitative estimate of drug-likeness (QED) is 0.224. The Labute approximate surface area is 134 Å². The molecular formula is C16H33N3OS. The smallest absolute Gasteiger partial charge is 0.191 e. The zero-order valence-electron chi connectivity index (χ0n) is 13.9. The molecule has 0 rings (SSSR count). The summed E-state index contributed by atoms with van der Waals surface area (Å²) in [6.07, 6.45) is 3.87. The van der Waals surface area contributed by atoms with Crippen LogP contribution >= 0.6 is 11.8 Å². The van der Waals surface area contributed by atoms with Gasteiger partial charge in [0, 0.05) is 37.7 Å². The van der Waals surface area contributed by atoms with Gasteiger partial charge in [-0.1, -0.05) is 19.9 Å². The van der Waals surface area contributed by atoms with Crippen LogP contribution < -0.4 is 10.6 Å². The fourth-order valence-corrected chi connectivity index (χ4v) is 2.68. The van der Waals surface area contributed by atoms with E-state index in [1.165, 1.54) is 0 Å². The third-order valence-corrected chi connectivity index (χ3v) is 3.93. The molecule has 124 valence electrons. The number of nitrogens with one attached hydrogen (secondary N) is 2. The van der Waals surface area contributed by atoms with Crippen molar-refractivity contribution in [2.75, 3.05) is 37.7 Å². The highest BCUT2D eigenvalue weighted by Gasteiger charge is 2.10. The molecule has 1 unspecified atom stereocenters. The van der Waals surface area contributed by atoms with Gasteiger partial charge in [-0.2, -0.15) is 11.8 Å². The maximum atomic E-state index is 9.15. The Morgan fingerprint density at radius 1 is 1.38 bits per heavy atom. The molecule has 5 heteroatoms. The zero-order valence-corrected chi connectivity index (χ0v) is 14.7.